The Hall–Kier alpha value is -3.48. The summed E-state index contributed by atoms with van der Waals surface area (Å²) in [6.07, 6.45) is 0.876. The quantitative estimate of drug-likeness (QED) is 0.524. The number of sulfonamides is 1. The van der Waals surface area contributed by atoms with E-state index in [9.17, 15) is 18.3 Å². The Labute approximate surface area is 224 Å². The number of carbonyl (C=O) groups excluding carboxylic acids is 1. The third-order valence-corrected chi connectivity index (χ3v) is 8.12. The number of ether oxygens (including phenoxy) is 1. The SMILES string of the molecule is C[C@H](CO)N1C[C@H](C)[C@H](CN(C)S(=O)(=O)c2ccc(C#N)cc2)Oc2ncc(C#CCN(C)C)cc2C1=O. The fourth-order valence-electron chi connectivity index (χ4n) is 3.92. The van der Waals surface area contributed by atoms with Gasteiger partial charge in [0, 0.05) is 31.3 Å². The average molecular weight is 540 g/mol. The van der Waals surface area contributed by atoms with Gasteiger partial charge < -0.3 is 14.7 Å². The van der Waals surface area contributed by atoms with E-state index in [1.165, 1.54) is 41.8 Å². The van der Waals surface area contributed by atoms with Crippen molar-refractivity contribution in [3.63, 3.8) is 0 Å². The summed E-state index contributed by atoms with van der Waals surface area (Å²) in [5.41, 5.74) is 1.11. The second-order valence-corrected chi connectivity index (χ2v) is 11.7. The van der Waals surface area contributed by atoms with E-state index in [0.717, 1.165) is 0 Å². The molecule has 10 nitrogen and oxygen atoms in total. The lowest BCUT2D eigenvalue weighted by atomic mass is 10.0. The van der Waals surface area contributed by atoms with Crippen LogP contribution in [-0.4, -0.2) is 98.1 Å². The van der Waals surface area contributed by atoms with Gasteiger partial charge in [-0.25, -0.2) is 13.4 Å². The smallest absolute Gasteiger partial charge is 0.259 e. The number of nitrogens with zero attached hydrogens (tertiary/aromatic N) is 5. The number of aromatic nitrogens is 1. The Balaban J connectivity index is 1.96. The Morgan fingerprint density at radius 3 is 2.53 bits per heavy atom. The molecule has 1 amide bonds. The number of benzene rings is 1. The van der Waals surface area contributed by atoms with Crippen molar-refractivity contribution in [2.45, 2.75) is 30.9 Å². The van der Waals surface area contributed by atoms with Crippen LogP contribution in [0.3, 0.4) is 0 Å². The molecule has 11 heteroatoms. The molecule has 0 saturated carbocycles. The number of fused-ring (bicyclic) bond motifs is 1. The highest BCUT2D eigenvalue weighted by molar-refractivity contribution is 7.89. The summed E-state index contributed by atoms with van der Waals surface area (Å²) in [5.74, 6) is 5.48. The zero-order valence-electron chi connectivity index (χ0n) is 22.2. The lowest BCUT2D eigenvalue weighted by Gasteiger charge is -2.37. The third-order valence-electron chi connectivity index (χ3n) is 6.28. The number of amides is 1. The summed E-state index contributed by atoms with van der Waals surface area (Å²) in [6, 6.07) is 8.82. The minimum Gasteiger partial charge on any atom is -0.472 e. The maximum Gasteiger partial charge on any atom is 0.259 e. The van der Waals surface area contributed by atoms with Crippen molar-refractivity contribution in [3.8, 4) is 23.8 Å². The number of aliphatic hydroxyl groups excluding tert-OH is 1. The first-order valence-electron chi connectivity index (χ1n) is 12.2. The first kappa shape index (κ1) is 29.1. The monoisotopic (exact) mass is 539 g/mol. The van der Waals surface area contributed by atoms with Gasteiger partial charge in [0.05, 0.1) is 42.3 Å². The molecule has 2 aromatic rings. The molecule has 1 aromatic heterocycles. The van der Waals surface area contributed by atoms with E-state index in [4.69, 9.17) is 10.00 Å². The highest BCUT2D eigenvalue weighted by Gasteiger charge is 2.35. The van der Waals surface area contributed by atoms with Crippen LogP contribution in [0.2, 0.25) is 0 Å². The van der Waals surface area contributed by atoms with Crippen LogP contribution in [0.5, 0.6) is 5.88 Å². The van der Waals surface area contributed by atoms with Crippen molar-refractivity contribution in [3.05, 3.63) is 53.2 Å². The van der Waals surface area contributed by atoms with Crippen molar-refractivity contribution < 1.29 is 23.1 Å². The number of likely N-dealkylation sites (N-methyl/N-ethyl adjacent to an activating group) is 1. The molecule has 0 bridgehead atoms. The minimum absolute atomic E-state index is 0.00938. The number of hydrogen-bond acceptors (Lipinski definition) is 8. The van der Waals surface area contributed by atoms with Crippen LogP contribution in [0.4, 0.5) is 0 Å². The molecule has 202 valence electrons. The molecular formula is C27H33N5O5S. The van der Waals surface area contributed by atoms with Gasteiger partial charge in [0.25, 0.3) is 5.91 Å². The first-order valence-corrected chi connectivity index (χ1v) is 13.6. The van der Waals surface area contributed by atoms with Gasteiger partial charge in [0.1, 0.15) is 11.7 Å². The van der Waals surface area contributed by atoms with Crippen LogP contribution in [0.15, 0.2) is 41.4 Å². The van der Waals surface area contributed by atoms with Crippen LogP contribution in [0.1, 0.15) is 35.3 Å². The van der Waals surface area contributed by atoms with Gasteiger partial charge in [0.15, 0.2) is 0 Å². The van der Waals surface area contributed by atoms with E-state index in [2.05, 4.69) is 16.8 Å². The normalized spacial score (nSPS) is 18.5. The molecule has 2 heterocycles. The summed E-state index contributed by atoms with van der Waals surface area (Å²) in [7, 11) is 1.39. The molecular weight excluding hydrogens is 506 g/mol. The first-order chi connectivity index (χ1) is 18.0. The van der Waals surface area contributed by atoms with Crippen LogP contribution >= 0.6 is 0 Å². The third kappa shape index (κ3) is 6.69. The molecule has 1 N–H and O–H groups in total. The standard InChI is InChI=1S/C27H33N5O5S/c1-19-16-32(20(2)18-33)27(34)24-13-22(7-6-12-30(3)4)15-29-26(24)37-25(19)17-31(5)38(35,36)23-10-8-21(14-28)9-11-23/h8-11,13,15,19-20,25,33H,12,16-18H2,1-5H3/t19-,20+,25-/m0/s1. The predicted octanol–water partition coefficient (Wildman–Crippen LogP) is 1.41. The second-order valence-electron chi connectivity index (χ2n) is 9.66. The predicted molar refractivity (Wildman–Crippen MR) is 142 cm³/mol. The van der Waals surface area contributed by atoms with E-state index < -0.39 is 22.2 Å². The fourth-order valence-corrected chi connectivity index (χ4v) is 5.10. The van der Waals surface area contributed by atoms with Crippen molar-refractivity contribution in [1.82, 2.24) is 19.1 Å². The summed E-state index contributed by atoms with van der Waals surface area (Å²) in [5, 5.41) is 18.8. The van der Waals surface area contributed by atoms with Gasteiger partial charge in [-0.2, -0.15) is 9.57 Å². The van der Waals surface area contributed by atoms with Crippen molar-refractivity contribution >= 4 is 15.9 Å². The minimum atomic E-state index is -3.87. The van der Waals surface area contributed by atoms with Gasteiger partial charge in [0.2, 0.25) is 15.9 Å². The molecule has 1 aromatic carbocycles. The number of carbonyl (C=O) groups is 1. The van der Waals surface area contributed by atoms with Crippen molar-refractivity contribution in [2.75, 3.05) is 47.4 Å². The van der Waals surface area contributed by atoms with Crippen molar-refractivity contribution in [1.29, 1.82) is 5.26 Å². The van der Waals surface area contributed by atoms with Gasteiger partial charge in [-0.15, -0.1) is 0 Å². The van der Waals surface area contributed by atoms with Gasteiger partial charge >= 0.3 is 0 Å². The Morgan fingerprint density at radius 1 is 1.24 bits per heavy atom. The summed E-state index contributed by atoms with van der Waals surface area (Å²) in [6.45, 7) is 4.15. The lowest BCUT2D eigenvalue weighted by molar-refractivity contribution is 0.0373. The molecule has 0 saturated heterocycles. The Bertz CT molecular complexity index is 1360. The summed E-state index contributed by atoms with van der Waals surface area (Å²) >= 11 is 0. The van der Waals surface area contributed by atoms with E-state index in [-0.39, 0.29) is 47.9 Å². The molecule has 0 unspecified atom stereocenters. The number of hydrogen-bond donors (Lipinski definition) is 1. The van der Waals surface area contributed by atoms with E-state index in [1.807, 2.05) is 32.0 Å². The molecule has 0 radical (unpaired) electrons. The zero-order chi connectivity index (χ0) is 28.0. The van der Waals surface area contributed by atoms with Gasteiger partial charge in [-0.3, -0.25) is 9.69 Å². The fraction of sp³-hybridized carbons (Fsp3) is 0.444. The number of rotatable bonds is 7. The molecule has 1 aliphatic heterocycles. The van der Waals surface area contributed by atoms with Crippen molar-refractivity contribution in [2.24, 2.45) is 5.92 Å². The Morgan fingerprint density at radius 2 is 1.92 bits per heavy atom. The maximum atomic E-state index is 13.5. The number of pyridine rings is 1. The van der Waals surface area contributed by atoms with Gasteiger partial charge in [-0.05, 0) is 51.4 Å². The molecule has 3 atom stereocenters. The van der Waals surface area contributed by atoms with Crippen LogP contribution in [0.25, 0.3) is 0 Å². The highest BCUT2D eigenvalue weighted by atomic mass is 32.2. The van der Waals surface area contributed by atoms with Crippen LogP contribution in [0, 0.1) is 29.1 Å². The van der Waals surface area contributed by atoms with E-state index in [0.29, 0.717) is 17.7 Å². The number of nitriles is 1. The van der Waals surface area contributed by atoms with E-state index in [1.54, 1.807) is 17.9 Å². The largest absolute Gasteiger partial charge is 0.472 e. The molecule has 0 fully saturated rings. The summed E-state index contributed by atoms with van der Waals surface area (Å²) < 4.78 is 33.8. The van der Waals surface area contributed by atoms with Gasteiger partial charge in [-0.1, -0.05) is 18.8 Å². The second kappa shape index (κ2) is 12.4. The average Bonchev–Trinajstić information content (AvgIpc) is 2.90. The number of aliphatic hydroxyl groups is 1. The Kier molecular flexibility index (Phi) is 9.47. The van der Waals surface area contributed by atoms with E-state index >= 15 is 0 Å². The zero-order valence-corrected chi connectivity index (χ0v) is 23.1. The van der Waals surface area contributed by atoms with Crippen LogP contribution < -0.4 is 4.74 Å². The molecule has 3 rings (SSSR count). The lowest BCUT2D eigenvalue weighted by Crippen LogP contribution is -2.50. The topological polar surface area (TPSA) is 127 Å². The highest BCUT2D eigenvalue weighted by Crippen LogP contribution is 2.28. The summed E-state index contributed by atoms with van der Waals surface area (Å²) in [4.78, 5) is 21.4. The van der Waals surface area contributed by atoms with Crippen LogP contribution in [-0.2, 0) is 10.0 Å². The molecule has 0 spiro atoms. The molecule has 0 aliphatic carbocycles. The molecule has 1 aliphatic rings. The maximum absolute atomic E-state index is 13.5. The molecule has 38 heavy (non-hydrogen) atoms.